The monoisotopic (exact) mass is 325 g/mol. The number of aryl methyl sites for hydroxylation is 2. The first kappa shape index (κ1) is 17.5. The van der Waals surface area contributed by atoms with Crippen LogP contribution in [0.15, 0.2) is 42.5 Å². The van der Waals surface area contributed by atoms with Crippen LogP contribution in [0.4, 0.5) is 17.1 Å². The van der Waals surface area contributed by atoms with Crippen molar-refractivity contribution >= 4 is 28.9 Å². The van der Waals surface area contributed by atoms with E-state index >= 15 is 0 Å². The maximum Gasteiger partial charge on any atom is 0.226 e. The van der Waals surface area contributed by atoms with Gasteiger partial charge in [0.2, 0.25) is 11.8 Å². The van der Waals surface area contributed by atoms with E-state index in [1.54, 1.807) is 0 Å². The number of nitrogens with one attached hydrogen (secondary N) is 3. The van der Waals surface area contributed by atoms with E-state index in [9.17, 15) is 9.59 Å². The van der Waals surface area contributed by atoms with E-state index in [0.29, 0.717) is 13.0 Å². The summed E-state index contributed by atoms with van der Waals surface area (Å²) < 4.78 is 0. The molecule has 0 radical (unpaired) electrons. The number of benzene rings is 2. The van der Waals surface area contributed by atoms with E-state index in [4.69, 9.17) is 0 Å². The molecule has 0 spiro atoms. The van der Waals surface area contributed by atoms with Crippen LogP contribution < -0.4 is 16.0 Å². The lowest BCUT2D eigenvalue weighted by Crippen LogP contribution is -2.17. The molecule has 2 aromatic rings. The van der Waals surface area contributed by atoms with Crippen molar-refractivity contribution in [1.29, 1.82) is 0 Å². The predicted molar refractivity (Wildman–Crippen MR) is 98.4 cm³/mol. The van der Waals surface area contributed by atoms with Crippen LogP contribution in [0.25, 0.3) is 0 Å². The molecule has 0 unspecified atom stereocenters. The second-order valence-electron chi connectivity index (χ2n) is 5.75. The first-order valence-electron chi connectivity index (χ1n) is 7.93. The molecule has 24 heavy (non-hydrogen) atoms. The second-order valence-corrected chi connectivity index (χ2v) is 5.75. The van der Waals surface area contributed by atoms with Gasteiger partial charge in [-0.25, -0.2) is 0 Å². The van der Waals surface area contributed by atoms with Gasteiger partial charge in [0.05, 0.1) is 0 Å². The fourth-order valence-electron chi connectivity index (χ4n) is 2.41. The average Bonchev–Trinajstić information content (AvgIpc) is 2.52. The Morgan fingerprint density at radius 3 is 2.04 bits per heavy atom. The Labute approximate surface area is 142 Å². The van der Waals surface area contributed by atoms with E-state index in [0.717, 1.165) is 28.2 Å². The summed E-state index contributed by atoms with van der Waals surface area (Å²) in [4.78, 5) is 23.1. The van der Waals surface area contributed by atoms with Crippen molar-refractivity contribution < 1.29 is 9.59 Å². The Bertz CT molecular complexity index is 704. The van der Waals surface area contributed by atoms with Crippen LogP contribution in [0.5, 0.6) is 0 Å². The number of carbonyl (C=O) groups excluding carboxylic acids is 2. The zero-order valence-electron chi connectivity index (χ0n) is 14.3. The highest BCUT2D eigenvalue weighted by atomic mass is 16.2. The smallest absolute Gasteiger partial charge is 0.226 e. The zero-order chi connectivity index (χ0) is 17.5. The molecule has 0 atom stereocenters. The quantitative estimate of drug-likeness (QED) is 0.758. The number of hydrogen-bond donors (Lipinski definition) is 3. The summed E-state index contributed by atoms with van der Waals surface area (Å²) in [5, 5.41) is 8.88. The highest BCUT2D eigenvalue weighted by Crippen LogP contribution is 2.19. The minimum Gasteiger partial charge on any atom is -0.385 e. The highest BCUT2D eigenvalue weighted by Gasteiger charge is 2.07. The largest absolute Gasteiger partial charge is 0.385 e. The Morgan fingerprint density at radius 1 is 0.875 bits per heavy atom. The first-order valence-corrected chi connectivity index (χ1v) is 7.93. The van der Waals surface area contributed by atoms with Gasteiger partial charge in [0.1, 0.15) is 0 Å². The van der Waals surface area contributed by atoms with Gasteiger partial charge in [-0.05, 0) is 49.2 Å². The van der Waals surface area contributed by atoms with Gasteiger partial charge < -0.3 is 16.0 Å². The van der Waals surface area contributed by atoms with Gasteiger partial charge in [0.15, 0.2) is 0 Å². The molecule has 0 fully saturated rings. The van der Waals surface area contributed by atoms with Gasteiger partial charge in [-0.1, -0.05) is 18.2 Å². The molecule has 0 saturated carbocycles. The molecule has 2 rings (SSSR count). The van der Waals surface area contributed by atoms with E-state index in [1.165, 1.54) is 6.92 Å². The summed E-state index contributed by atoms with van der Waals surface area (Å²) in [5.74, 6) is -0.117. The number of carbonyl (C=O) groups is 2. The molecule has 3 N–H and O–H groups in total. The summed E-state index contributed by atoms with van der Waals surface area (Å²) in [5.41, 5.74) is 4.67. The van der Waals surface area contributed by atoms with E-state index < -0.39 is 0 Å². The van der Waals surface area contributed by atoms with Gasteiger partial charge in [-0.3, -0.25) is 9.59 Å². The standard InChI is InChI=1S/C19H23N3O2/c1-13-5-4-6-14(2)19(13)22-18(24)11-12-20-16-7-9-17(10-8-16)21-15(3)23/h4-10,20H,11-12H2,1-3H3,(H,21,23)(H,22,24). The van der Waals surface area contributed by atoms with Gasteiger partial charge in [0.25, 0.3) is 0 Å². The fourth-order valence-corrected chi connectivity index (χ4v) is 2.41. The minimum atomic E-state index is -0.0983. The van der Waals surface area contributed by atoms with Crippen LogP contribution in [-0.4, -0.2) is 18.4 Å². The number of para-hydroxylation sites is 1. The van der Waals surface area contributed by atoms with Crippen molar-refractivity contribution in [3.05, 3.63) is 53.6 Å². The lowest BCUT2D eigenvalue weighted by atomic mass is 10.1. The van der Waals surface area contributed by atoms with Crippen LogP contribution in [0.3, 0.4) is 0 Å². The van der Waals surface area contributed by atoms with Crippen molar-refractivity contribution in [3.63, 3.8) is 0 Å². The Hall–Kier alpha value is -2.82. The molecule has 2 amide bonds. The van der Waals surface area contributed by atoms with Crippen molar-refractivity contribution in [2.45, 2.75) is 27.2 Å². The molecule has 0 aliphatic heterocycles. The molecule has 126 valence electrons. The van der Waals surface area contributed by atoms with Gasteiger partial charge >= 0.3 is 0 Å². The molecule has 0 aliphatic carbocycles. The fraction of sp³-hybridized carbons (Fsp3) is 0.263. The molecule has 0 saturated heterocycles. The van der Waals surface area contributed by atoms with Crippen LogP contribution in [0.1, 0.15) is 24.5 Å². The lowest BCUT2D eigenvalue weighted by Gasteiger charge is -2.12. The number of amides is 2. The van der Waals surface area contributed by atoms with Gasteiger partial charge in [-0.2, -0.15) is 0 Å². The predicted octanol–water partition coefficient (Wildman–Crippen LogP) is 3.70. The van der Waals surface area contributed by atoms with E-state index in [2.05, 4.69) is 16.0 Å². The maximum absolute atomic E-state index is 12.1. The lowest BCUT2D eigenvalue weighted by molar-refractivity contribution is -0.116. The third kappa shape index (κ3) is 5.12. The average molecular weight is 325 g/mol. The highest BCUT2D eigenvalue weighted by molar-refractivity contribution is 5.92. The van der Waals surface area contributed by atoms with E-state index in [1.807, 2.05) is 56.3 Å². The van der Waals surface area contributed by atoms with Crippen molar-refractivity contribution in [2.75, 3.05) is 22.5 Å². The molecule has 0 bridgehead atoms. The van der Waals surface area contributed by atoms with Crippen LogP contribution in [0.2, 0.25) is 0 Å². The molecular formula is C19H23N3O2. The molecule has 5 nitrogen and oxygen atoms in total. The van der Waals surface area contributed by atoms with Crippen LogP contribution in [0, 0.1) is 13.8 Å². The van der Waals surface area contributed by atoms with Crippen molar-refractivity contribution in [3.8, 4) is 0 Å². The zero-order valence-corrected chi connectivity index (χ0v) is 14.3. The molecule has 0 aliphatic rings. The third-order valence-corrected chi connectivity index (χ3v) is 3.63. The second kappa shape index (κ2) is 8.15. The van der Waals surface area contributed by atoms with E-state index in [-0.39, 0.29) is 11.8 Å². The summed E-state index contributed by atoms with van der Waals surface area (Å²) in [7, 11) is 0. The Morgan fingerprint density at radius 2 is 1.46 bits per heavy atom. The van der Waals surface area contributed by atoms with Crippen molar-refractivity contribution in [2.24, 2.45) is 0 Å². The number of anilines is 3. The number of rotatable bonds is 6. The Balaban J connectivity index is 1.81. The van der Waals surface area contributed by atoms with Crippen LogP contribution >= 0.6 is 0 Å². The topological polar surface area (TPSA) is 70.2 Å². The summed E-state index contributed by atoms with van der Waals surface area (Å²) in [6.07, 6.45) is 0.376. The molecular weight excluding hydrogens is 302 g/mol. The SMILES string of the molecule is CC(=O)Nc1ccc(NCCC(=O)Nc2c(C)cccc2C)cc1. The summed E-state index contributed by atoms with van der Waals surface area (Å²) in [6.45, 7) is 5.98. The van der Waals surface area contributed by atoms with Gasteiger partial charge in [0, 0.05) is 37.0 Å². The summed E-state index contributed by atoms with van der Waals surface area (Å²) in [6, 6.07) is 13.3. The molecule has 5 heteroatoms. The third-order valence-electron chi connectivity index (χ3n) is 3.63. The minimum absolute atomic E-state index is 0.0187. The molecule has 2 aromatic carbocycles. The van der Waals surface area contributed by atoms with Gasteiger partial charge in [-0.15, -0.1) is 0 Å². The normalized spacial score (nSPS) is 10.1. The number of hydrogen-bond acceptors (Lipinski definition) is 3. The first-order chi connectivity index (χ1) is 11.5. The van der Waals surface area contributed by atoms with Crippen LogP contribution in [-0.2, 0) is 9.59 Å². The maximum atomic E-state index is 12.1. The van der Waals surface area contributed by atoms with Crippen molar-refractivity contribution in [1.82, 2.24) is 0 Å². The molecule has 0 aromatic heterocycles. The molecule has 0 heterocycles. The summed E-state index contributed by atoms with van der Waals surface area (Å²) >= 11 is 0. The Kier molecular flexibility index (Phi) is 5.95.